The summed E-state index contributed by atoms with van der Waals surface area (Å²) >= 11 is 0. The van der Waals surface area contributed by atoms with Crippen LogP contribution in [-0.4, -0.2) is 41.6 Å². The van der Waals surface area contributed by atoms with Gasteiger partial charge in [-0.05, 0) is 48.0 Å². The van der Waals surface area contributed by atoms with E-state index in [4.69, 9.17) is 4.74 Å². The maximum atomic E-state index is 12.2. The summed E-state index contributed by atoms with van der Waals surface area (Å²) in [5.41, 5.74) is -1.84. The quantitative estimate of drug-likeness (QED) is 0.688. The van der Waals surface area contributed by atoms with E-state index < -0.39 is 29.2 Å². The molecule has 0 aliphatic rings. The molecule has 0 aliphatic heterocycles. The van der Waals surface area contributed by atoms with Crippen LogP contribution < -0.4 is 16.0 Å². The summed E-state index contributed by atoms with van der Waals surface area (Å²) in [5.74, 6) is -0.722. The van der Waals surface area contributed by atoms with Gasteiger partial charge in [0.1, 0.15) is 17.2 Å². The Labute approximate surface area is 132 Å². The van der Waals surface area contributed by atoms with Gasteiger partial charge in [0.2, 0.25) is 11.8 Å². The molecule has 0 aromatic rings. The van der Waals surface area contributed by atoms with E-state index in [1.165, 1.54) is 0 Å². The van der Waals surface area contributed by atoms with E-state index in [0.29, 0.717) is 6.54 Å². The van der Waals surface area contributed by atoms with Crippen LogP contribution in [0.5, 0.6) is 0 Å². The zero-order valence-corrected chi connectivity index (χ0v) is 14.6. The minimum absolute atomic E-state index is 0.261. The molecule has 0 saturated carbocycles. The Kier molecular flexibility index (Phi) is 7.35. The number of hydrogen-bond acceptors (Lipinski definition) is 4. The fourth-order valence-electron chi connectivity index (χ4n) is 1.46. The van der Waals surface area contributed by atoms with Gasteiger partial charge >= 0.3 is 6.09 Å². The van der Waals surface area contributed by atoms with Gasteiger partial charge in [0.25, 0.3) is 0 Å². The van der Waals surface area contributed by atoms with Gasteiger partial charge in [-0.15, -0.1) is 0 Å². The van der Waals surface area contributed by atoms with Gasteiger partial charge < -0.3 is 20.7 Å². The van der Waals surface area contributed by atoms with Crippen LogP contribution in [0.25, 0.3) is 0 Å². The first kappa shape index (κ1) is 20.2. The molecule has 22 heavy (non-hydrogen) atoms. The van der Waals surface area contributed by atoms with E-state index >= 15 is 0 Å². The van der Waals surface area contributed by atoms with Crippen molar-refractivity contribution in [2.24, 2.45) is 0 Å². The number of rotatable bonds is 6. The van der Waals surface area contributed by atoms with Crippen LogP contribution >= 0.6 is 0 Å². The van der Waals surface area contributed by atoms with Gasteiger partial charge in [-0.25, -0.2) is 4.79 Å². The molecule has 0 rings (SSSR count). The third-order valence-electron chi connectivity index (χ3n) is 2.67. The van der Waals surface area contributed by atoms with Crippen molar-refractivity contribution in [2.45, 2.75) is 72.1 Å². The molecule has 7 heteroatoms. The Morgan fingerprint density at radius 2 is 1.64 bits per heavy atom. The fourth-order valence-corrected chi connectivity index (χ4v) is 1.46. The summed E-state index contributed by atoms with van der Waals surface area (Å²) in [6.07, 6.45) is 0.133. The molecule has 0 heterocycles. The van der Waals surface area contributed by atoms with E-state index in [2.05, 4.69) is 16.0 Å². The minimum atomic E-state index is -1.19. The highest BCUT2D eigenvalue weighted by Gasteiger charge is 2.33. The lowest BCUT2D eigenvalue weighted by Crippen LogP contribution is -2.58. The maximum Gasteiger partial charge on any atom is 0.408 e. The van der Waals surface area contributed by atoms with Crippen molar-refractivity contribution in [3.05, 3.63) is 0 Å². The first-order valence-corrected chi connectivity index (χ1v) is 7.49. The number of amides is 3. The molecular weight excluding hydrogens is 286 g/mol. The molecule has 0 spiro atoms. The molecular formula is C15H29N3O4. The third-order valence-corrected chi connectivity index (χ3v) is 2.67. The van der Waals surface area contributed by atoms with Crippen molar-refractivity contribution in [1.82, 2.24) is 16.0 Å². The normalized spacial score (nSPS) is 13.0. The molecule has 0 aliphatic carbocycles. The molecule has 128 valence electrons. The van der Waals surface area contributed by atoms with Crippen molar-refractivity contribution in [3.63, 3.8) is 0 Å². The van der Waals surface area contributed by atoms with E-state index in [1.807, 2.05) is 6.92 Å². The predicted molar refractivity (Wildman–Crippen MR) is 84.4 cm³/mol. The zero-order chi connectivity index (χ0) is 17.6. The third kappa shape index (κ3) is 7.85. The van der Waals surface area contributed by atoms with Crippen molar-refractivity contribution in [1.29, 1.82) is 0 Å². The Balaban J connectivity index is 4.55. The van der Waals surface area contributed by atoms with Crippen LogP contribution in [0.15, 0.2) is 0 Å². The van der Waals surface area contributed by atoms with Gasteiger partial charge in [0, 0.05) is 6.54 Å². The highest BCUT2D eigenvalue weighted by atomic mass is 16.6. The van der Waals surface area contributed by atoms with E-state index in [9.17, 15) is 14.4 Å². The predicted octanol–water partition coefficient (Wildman–Crippen LogP) is 1.32. The second kappa shape index (κ2) is 8.00. The molecule has 3 N–H and O–H groups in total. The van der Waals surface area contributed by atoms with Crippen molar-refractivity contribution in [2.75, 3.05) is 6.54 Å². The second-order valence-corrected chi connectivity index (χ2v) is 6.74. The van der Waals surface area contributed by atoms with Crippen LogP contribution in [0.4, 0.5) is 4.79 Å². The highest BCUT2D eigenvalue weighted by molar-refractivity contribution is 5.93. The maximum absolute atomic E-state index is 12.2. The second-order valence-electron chi connectivity index (χ2n) is 6.74. The molecule has 0 aromatic heterocycles. The Hall–Kier alpha value is -1.79. The first-order chi connectivity index (χ1) is 9.89. The van der Waals surface area contributed by atoms with Crippen molar-refractivity contribution < 1.29 is 19.1 Å². The Morgan fingerprint density at radius 3 is 2.09 bits per heavy atom. The molecule has 3 amide bonds. The van der Waals surface area contributed by atoms with Crippen LogP contribution in [0.3, 0.4) is 0 Å². The summed E-state index contributed by atoms with van der Waals surface area (Å²) in [6.45, 7) is 12.4. The average molecular weight is 315 g/mol. The van der Waals surface area contributed by atoms with Gasteiger partial charge in [-0.2, -0.15) is 0 Å². The number of carbonyl (C=O) groups is 3. The van der Waals surface area contributed by atoms with Crippen LogP contribution in [0, 0.1) is 0 Å². The molecule has 0 unspecified atom stereocenters. The highest BCUT2D eigenvalue weighted by Crippen LogP contribution is 2.09. The van der Waals surface area contributed by atoms with Crippen LogP contribution in [0.2, 0.25) is 0 Å². The lowest BCUT2D eigenvalue weighted by molar-refractivity contribution is -0.131. The topological polar surface area (TPSA) is 96.5 Å². The van der Waals surface area contributed by atoms with Gasteiger partial charge in [0.05, 0.1) is 0 Å². The van der Waals surface area contributed by atoms with Crippen LogP contribution in [0.1, 0.15) is 54.9 Å². The van der Waals surface area contributed by atoms with E-state index in [0.717, 1.165) is 6.42 Å². The summed E-state index contributed by atoms with van der Waals surface area (Å²) < 4.78 is 5.12. The summed E-state index contributed by atoms with van der Waals surface area (Å²) in [4.78, 5) is 35.7. The van der Waals surface area contributed by atoms with Crippen LogP contribution in [-0.2, 0) is 14.3 Å². The van der Waals surface area contributed by atoms with E-state index in [-0.39, 0.29) is 5.91 Å². The Morgan fingerprint density at radius 1 is 1.09 bits per heavy atom. The summed E-state index contributed by atoms with van der Waals surface area (Å²) in [5, 5.41) is 7.77. The van der Waals surface area contributed by atoms with Gasteiger partial charge in [-0.1, -0.05) is 6.92 Å². The molecule has 0 aromatic carbocycles. The number of ether oxygens (including phenoxy) is 1. The Bertz CT molecular complexity index is 414. The van der Waals surface area contributed by atoms with Crippen molar-refractivity contribution in [3.8, 4) is 0 Å². The molecule has 0 bridgehead atoms. The molecule has 0 fully saturated rings. The SMILES string of the molecule is CCCNC(=O)[C@@H](C)NC(=O)C(C)(C)NC(=O)OC(C)(C)C. The fraction of sp³-hybridized carbons (Fsp3) is 0.800. The van der Waals surface area contributed by atoms with E-state index in [1.54, 1.807) is 41.5 Å². The minimum Gasteiger partial charge on any atom is -0.444 e. The number of nitrogens with one attached hydrogen (secondary N) is 3. The number of hydrogen-bond donors (Lipinski definition) is 3. The first-order valence-electron chi connectivity index (χ1n) is 7.49. The average Bonchev–Trinajstić information content (AvgIpc) is 2.32. The van der Waals surface area contributed by atoms with Gasteiger partial charge in [-0.3, -0.25) is 9.59 Å². The summed E-state index contributed by atoms with van der Waals surface area (Å²) in [7, 11) is 0. The van der Waals surface area contributed by atoms with Gasteiger partial charge in [0.15, 0.2) is 0 Å². The lowest BCUT2D eigenvalue weighted by Gasteiger charge is -2.28. The lowest BCUT2D eigenvalue weighted by atomic mass is 10.0. The zero-order valence-electron chi connectivity index (χ0n) is 14.6. The largest absolute Gasteiger partial charge is 0.444 e. The number of carbonyl (C=O) groups excluding carboxylic acids is 3. The summed E-state index contributed by atoms with van der Waals surface area (Å²) in [6, 6.07) is -0.682. The smallest absolute Gasteiger partial charge is 0.408 e. The molecule has 7 nitrogen and oxygen atoms in total. The molecule has 1 atom stereocenters. The molecule has 0 radical (unpaired) electrons. The number of alkyl carbamates (subject to hydrolysis) is 1. The van der Waals surface area contributed by atoms with Crippen molar-refractivity contribution >= 4 is 17.9 Å². The monoisotopic (exact) mass is 315 g/mol. The molecule has 0 saturated heterocycles. The standard InChI is InChI=1S/C15H29N3O4/c1-8-9-16-11(19)10(2)17-12(20)15(6,7)18-13(21)22-14(3,4)5/h10H,8-9H2,1-7H3,(H,16,19)(H,17,20)(H,18,21)/t10-/m1/s1.